The van der Waals surface area contributed by atoms with E-state index in [0.29, 0.717) is 12.8 Å². The van der Waals surface area contributed by atoms with Gasteiger partial charge in [-0.05, 0) is 38.5 Å². The van der Waals surface area contributed by atoms with Crippen molar-refractivity contribution < 1.29 is 25.2 Å². The van der Waals surface area contributed by atoms with Gasteiger partial charge in [-0.1, -0.05) is 199 Å². The zero-order valence-electron chi connectivity index (χ0n) is 32.4. The Labute approximate surface area is 304 Å². The fourth-order valence-corrected chi connectivity index (χ4v) is 6.51. The monoisotopic (exact) mass is 694 g/mol. The summed E-state index contributed by atoms with van der Waals surface area (Å²) in [4.78, 5) is 12.5. The molecule has 1 amide bonds. The van der Waals surface area contributed by atoms with Crippen molar-refractivity contribution in [3.05, 3.63) is 24.3 Å². The van der Waals surface area contributed by atoms with E-state index in [0.717, 1.165) is 64.2 Å². The van der Waals surface area contributed by atoms with Crippen LogP contribution in [-0.2, 0) is 4.79 Å². The Morgan fingerprint density at radius 3 is 1.29 bits per heavy atom. The highest BCUT2D eigenvalue weighted by atomic mass is 16.3. The van der Waals surface area contributed by atoms with Crippen LogP contribution >= 0.6 is 0 Å². The van der Waals surface area contributed by atoms with Crippen molar-refractivity contribution in [3.63, 3.8) is 0 Å². The maximum atomic E-state index is 12.5. The van der Waals surface area contributed by atoms with Crippen LogP contribution in [-0.4, -0.2) is 57.3 Å². The van der Waals surface area contributed by atoms with E-state index in [1.807, 2.05) is 0 Å². The second-order valence-electron chi connectivity index (χ2n) is 14.7. The van der Waals surface area contributed by atoms with Crippen LogP contribution in [0, 0.1) is 0 Å². The second-order valence-corrected chi connectivity index (χ2v) is 14.7. The summed E-state index contributed by atoms with van der Waals surface area (Å²) in [7, 11) is 0. The number of nitrogens with one attached hydrogen (secondary N) is 1. The molecule has 0 bridgehead atoms. The van der Waals surface area contributed by atoms with Crippen molar-refractivity contribution in [2.75, 3.05) is 6.61 Å². The summed E-state index contributed by atoms with van der Waals surface area (Å²) >= 11 is 0. The summed E-state index contributed by atoms with van der Waals surface area (Å²) in [5.74, 6) is -0.596. The Morgan fingerprint density at radius 1 is 0.510 bits per heavy atom. The average Bonchev–Trinajstić information content (AvgIpc) is 3.11. The molecule has 0 saturated heterocycles. The molecule has 0 fully saturated rings. The zero-order chi connectivity index (χ0) is 36.0. The third-order valence-electron chi connectivity index (χ3n) is 9.94. The molecule has 0 aliphatic rings. The van der Waals surface area contributed by atoms with Gasteiger partial charge in [-0.3, -0.25) is 4.79 Å². The minimum Gasteiger partial charge on any atom is -0.394 e. The van der Waals surface area contributed by atoms with Crippen LogP contribution in [0.3, 0.4) is 0 Å². The minimum absolute atomic E-state index is 0.352. The van der Waals surface area contributed by atoms with Gasteiger partial charge in [0.1, 0.15) is 12.2 Å². The van der Waals surface area contributed by atoms with Gasteiger partial charge in [0.05, 0.1) is 18.8 Å². The van der Waals surface area contributed by atoms with Crippen LogP contribution < -0.4 is 5.32 Å². The van der Waals surface area contributed by atoms with Crippen LogP contribution in [0.15, 0.2) is 24.3 Å². The molecule has 4 unspecified atom stereocenters. The molecule has 0 spiro atoms. The van der Waals surface area contributed by atoms with Gasteiger partial charge in [0.15, 0.2) is 0 Å². The number of amides is 1. The largest absolute Gasteiger partial charge is 0.394 e. The smallest absolute Gasteiger partial charge is 0.249 e. The summed E-state index contributed by atoms with van der Waals surface area (Å²) < 4.78 is 0. The predicted molar refractivity (Wildman–Crippen MR) is 210 cm³/mol. The van der Waals surface area contributed by atoms with Crippen LogP contribution in [0.5, 0.6) is 0 Å². The molecule has 49 heavy (non-hydrogen) atoms. The number of aliphatic hydroxyl groups is 4. The van der Waals surface area contributed by atoms with Gasteiger partial charge in [0.2, 0.25) is 5.91 Å². The van der Waals surface area contributed by atoms with Gasteiger partial charge in [-0.25, -0.2) is 0 Å². The van der Waals surface area contributed by atoms with E-state index in [1.54, 1.807) is 0 Å². The first kappa shape index (κ1) is 47.8. The lowest BCUT2D eigenvalue weighted by Gasteiger charge is -2.27. The lowest BCUT2D eigenvalue weighted by atomic mass is 9.99. The van der Waals surface area contributed by atoms with Crippen molar-refractivity contribution >= 4 is 5.91 Å². The Morgan fingerprint density at radius 2 is 0.857 bits per heavy atom. The van der Waals surface area contributed by atoms with Crippen LogP contribution in [0.4, 0.5) is 0 Å². The lowest BCUT2D eigenvalue weighted by molar-refractivity contribution is -0.132. The summed E-state index contributed by atoms with van der Waals surface area (Å²) in [6.07, 6.45) is 42.0. The topological polar surface area (TPSA) is 110 Å². The molecule has 0 radical (unpaired) electrons. The van der Waals surface area contributed by atoms with Crippen molar-refractivity contribution in [3.8, 4) is 0 Å². The van der Waals surface area contributed by atoms with E-state index < -0.39 is 36.9 Å². The van der Waals surface area contributed by atoms with Crippen LogP contribution in [0.1, 0.15) is 213 Å². The van der Waals surface area contributed by atoms with Crippen molar-refractivity contribution in [2.45, 2.75) is 237 Å². The number of hydrogen-bond donors (Lipinski definition) is 5. The first-order valence-corrected chi connectivity index (χ1v) is 21.2. The molecule has 0 rings (SSSR count). The summed E-state index contributed by atoms with van der Waals surface area (Å²) in [6.45, 7) is 4.01. The predicted octanol–water partition coefficient (Wildman–Crippen LogP) is 10.8. The summed E-state index contributed by atoms with van der Waals surface area (Å²) in [6, 6.07) is -0.989. The molecule has 0 aromatic heterocycles. The molecule has 0 aliphatic heterocycles. The van der Waals surface area contributed by atoms with Gasteiger partial charge >= 0.3 is 0 Å². The molecule has 0 heterocycles. The Bertz CT molecular complexity index is 742. The van der Waals surface area contributed by atoms with Gasteiger partial charge in [-0.15, -0.1) is 0 Å². The molecule has 290 valence electrons. The molecule has 5 N–H and O–H groups in total. The van der Waals surface area contributed by atoms with Gasteiger partial charge in [0, 0.05) is 0 Å². The van der Waals surface area contributed by atoms with Crippen molar-refractivity contribution in [2.24, 2.45) is 0 Å². The fourth-order valence-electron chi connectivity index (χ4n) is 6.51. The maximum Gasteiger partial charge on any atom is 0.249 e. The number of rotatable bonds is 38. The third kappa shape index (κ3) is 32.4. The normalized spacial score (nSPS) is 14.5. The number of hydrogen-bond acceptors (Lipinski definition) is 5. The Balaban J connectivity index is 3.75. The zero-order valence-corrected chi connectivity index (χ0v) is 32.4. The lowest BCUT2D eigenvalue weighted by Crippen LogP contribution is -2.53. The maximum absolute atomic E-state index is 12.5. The number of allylic oxidation sites excluding steroid dienone is 4. The van der Waals surface area contributed by atoms with Crippen molar-refractivity contribution in [1.82, 2.24) is 5.32 Å². The molecular weight excluding hydrogens is 610 g/mol. The number of carbonyl (C=O) groups excluding carboxylic acids is 1. The highest BCUT2D eigenvalue weighted by Crippen LogP contribution is 2.16. The van der Waals surface area contributed by atoms with E-state index in [4.69, 9.17) is 0 Å². The highest BCUT2D eigenvalue weighted by molar-refractivity contribution is 5.80. The highest BCUT2D eigenvalue weighted by Gasteiger charge is 2.28. The molecular formula is C43H83NO5. The number of carbonyl (C=O) groups is 1. The molecule has 0 saturated carbocycles. The van der Waals surface area contributed by atoms with Gasteiger partial charge in [-0.2, -0.15) is 0 Å². The second kappa shape index (κ2) is 38.0. The number of unbranched alkanes of at least 4 members (excludes halogenated alkanes) is 26. The Kier molecular flexibility index (Phi) is 37.1. The summed E-state index contributed by atoms with van der Waals surface area (Å²) in [5, 5.41) is 43.6. The van der Waals surface area contributed by atoms with Crippen LogP contribution in [0.2, 0.25) is 0 Å². The summed E-state index contributed by atoms with van der Waals surface area (Å²) in [5.41, 5.74) is 0. The molecule has 6 nitrogen and oxygen atoms in total. The molecule has 4 atom stereocenters. The van der Waals surface area contributed by atoms with Crippen molar-refractivity contribution in [1.29, 1.82) is 0 Å². The average molecular weight is 694 g/mol. The van der Waals surface area contributed by atoms with E-state index in [-0.39, 0.29) is 0 Å². The number of aliphatic hydroxyl groups excluding tert-OH is 4. The fraction of sp³-hybridized carbons (Fsp3) is 0.884. The molecule has 0 aromatic carbocycles. The van der Waals surface area contributed by atoms with E-state index in [1.165, 1.54) is 122 Å². The minimum atomic E-state index is -1.26. The molecule has 0 aromatic rings. The quantitative estimate of drug-likeness (QED) is 0.0327. The van der Waals surface area contributed by atoms with Crippen LogP contribution in [0.25, 0.3) is 0 Å². The SMILES string of the molecule is CCCCC/C=C\C=C/CCCCCCCC(O)C(=O)NC(CO)C(O)C(O)CCCCCCCCCCCCCCCCCCCCC. The van der Waals surface area contributed by atoms with Gasteiger partial charge in [0.25, 0.3) is 0 Å². The van der Waals surface area contributed by atoms with E-state index in [9.17, 15) is 25.2 Å². The van der Waals surface area contributed by atoms with E-state index >= 15 is 0 Å². The first-order valence-electron chi connectivity index (χ1n) is 21.2. The van der Waals surface area contributed by atoms with Gasteiger partial charge < -0.3 is 25.7 Å². The molecule has 6 heteroatoms. The van der Waals surface area contributed by atoms with E-state index in [2.05, 4.69) is 43.5 Å². The third-order valence-corrected chi connectivity index (χ3v) is 9.94. The standard InChI is InChI=1S/C43H83NO5/c1-3-5-7-9-11-13-15-17-19-20-21-22-23-25-26-28-30-32-34-36-40(46)42(48)39(38-45)44-43(49)41(47)37-35-33-31-29-27-24-18-16-14-12-10-8-6-4-2/h12,14,16,18,39-42,45-48H,3-11,13,15,17,19-38H2,1-2H3,(H,44,49)/b14-12-,18-16-. The first-order chi connectivity index (χ1) is 24.0. The Hall–Kier alpha value is -1.21. The molecule has 0 aliphatic carbocycles.